The van der Waals surface area contributed by atoms with E-state index in [0.29, 0.717) is 0 Å². The molecule has 0 aliphatic rings. The zero-order chi connectivity index (χ0) is 15.2. The lowest BCUT2D eigenvalue weighted by Crippen LogP contribution is -2.22. The lowest BCUT2D eigenvalue weighted by Gasteiger charge is -2.24. The first-order valence-corrected chi connectivity index (χ1v) is 6.97. The fourth-order valence-electron chi connectivity index (χ4n) is 2.21. The van der Waals surface area contributed by atoms with Crippen LogP contribution in [0.3, 0.4) is 0 Å². The highest BCUT2D eigenvalue weighted by Crippen LogP contribution is 2.18. The van der Waals surface area contributed by atoms with Gasteiger partial charge in [-0.25, -0.2) is 0 Å². The molecule has 2 rings (SSSR count). The number of hydrogen-bond donors (Lipinski definition) is 1. The third-order valence-corrected chi connectivity index (χ3v) is 3.59. The van der Waals surface area contributed by atoms with Gasteiger partial charge in [0.05, 0.1) is 12.1 Å². The molecular weight excluding hydrogens is 264 g/mol. The first-order chi connectivity index (χ1) is 10.1. The Hall–Kier alpha value is -2.20. The molecule has 110 valence electrons. The third-order valence-electron chi connectivity index (χ3n) is 3.59. The number of rotatable bonds is 6. The highest BCUT2D eigenvalue weighted by Gasteiger charge is 2.12. The van der Waals surface area contributed by atoms with Gasteiger partial charge in [-0.2, -0.15) is 0 Å². The van der Waals surface area contributed by atoms with Gasteiger partial charge in [-0.1, -0.05) is 30.3 Å². The molecule has 1 atom stereocenters. The Morgan fingerprint density at radius 3 is 2.43 bits per heavy atom. The van der Waals surface area contributed by atoms with E-state index in [1.807, 2.05) is 42.5 Å². The predicted molar refractivity (Wildman–Crippen MR) is 81.9 cm³/mol. The van der Waals surface area contributed by atoms with E-state index in [2.05, 4.69) is 23.9 Å². The molecule has 0 aliphatic carbocycles. The summed E-state index contributed by atoms with van der Waals surface area (Å²) in [6.07, 6.45) is 1.88. The van der Waals surface area contributed by atoms with Crippen LogP contribution in [0.5, 0.6) is 0 Å². The van der Waals surface area contributed by atoms with Crippen molar-refractivity contribution in [2.75, 3.05) is 7.05 Å². The topological polar surface area (TPSA) is 53.4 Å². The molecule has 4 nitrogen and oxygen atoms in total. The Morgan fingerprint density at radius 2 is 1.86 bits per heavy atom. The highest BCUT2D eigenvalue weighted by molar-refractivity contribution is 5.70. The molecule has 0 amide bonds. The van der Waals surface area contributed by atoms with Gasteiger partial charge in [0.25, 0.3) is 0 Å². The summed E-state index contributed by atoms with van der Waals surface area (Å²) in [6, 6.07) is 13.9. The van der Waals surface area contributed by atoms with E-state index in [4.69, 9.17) is 5.11 Å². The number of carboxylic acids is 1. The SMILES string of the molecule is CC(c1ccccn1)N(C)Cc1ccc(CC(=O)O)cc1. The van der Waals surface area contributed by atoms with E-state index in [9.17, 15) is 4.79 Å². The summed E-state index contributed by atoms with van der Waals surface area (Å²) in [5.74, 6) is -0.802. The number of aromatic nitrogens is 1. The number of carboxylic acid groups (broad SMARTS) is 1. The van der Waals surface area contributed by atoms with Gasteiger partial charge in [0.15, 0.2) is 0 Å². The molecule has 0 aliphatic heterocycles. The van der Waals surface area contributed by atoms with Crippen LogP contribution < -0.4 is 0 Å². The van der Waals surface area contributed by atoms with Crippen LogP contribution in [0, 0.1) is 0 Å². The molecular formula is C17H20N2O2. The maximum absolute atomic E-state index is 10.7. The molecule has 0 fully saturated rings. The van der Waals surface area contributed by atoms with Crippen molar-refractivity contribution in [3.63, 3.8) is 0 Å². The molecule has 0 saturated carbocycles. The Bertz CT molecular complexity index is 581. The van der Waals surface area contributed by atoms with Crippen LogP contribution in [0.1, 0.15) is 29.8 Å². The van der Waals surface area contributed by atoms with Gasteiger partial charge in [0.1, 0.15) is 0 Å². The van der Waals surface area contributed by atoms with Crippen molar-refractivity contribution in [3.05, 3.63) is 65.5 Å². The van der Waals surface area contributed by atoms with E-state index < -0.39 is 5.97 Å². The second kappa shape index (κ2) is 6.99. The summed E-state index contributed by atoms with van der Waals surface area (Å²) in [7, 11) is 2.06. The fraction of sp³-hybridized carbons (Fsp3) is 0.294. The average molecular weight is 284 g/mol. The van der Waals surface area contributed by atoms with E-state index in [0.717, 1.165) is 23.4 Å². The molecule has 1 unspecified atom stereocenters. The van der Waals surface area contributed by atoms with Crippen LogP contribution >= 0.6 is 0 Å². The molecule has 0 radical (unpaired) electrons. The van der Waals surface area contributed by atoms with Gasteiger partial charge < -0.3 is 5.11 Å². The summed E-state index contributed by atoms with van der Waals surface area (Å²) < 4.78 is 0. The van der Waals surface area contributed by atoms with Gasteiger partial charge in [0, 0.05) is 18.8 Å². The fourth-order valence-corrected chi connectivity index (χ4v) is 2.21. The monoisotopic (exact) mass is 284 g/mol. The summed E-state index contributed by atoms with van der Waals surface area (Å²) in [4.78, 5) is 17.3. The summed E-state index contributed by atoms with van der Waals surface area (Å²) in [5.41, 5.74) is 3.03. The minimum absolute atomic E-state index is 0.0699. The van der Waals surface area contributed by atoms with Crippen molar-refractivity contribution in [2.45, 2.75) is 25.9 Å². The quantitative estimate of drug-likeness (QED) is 0.886. The minimum Gasteiger partial charge on any atom is -0.481 e. The normalized spacial score (nSPS) is 12.3. The smallest absolute Gasteiger partial charge is 0.307 e. The highest BCUT2D eigenvalue weighted by atomic mass is 16.4. The molecule has 4 heteroatoms. The Morgan fingerprint density at radius 1 is 1.19 bits per heavy atom. The molecule has 1 aromatic heterocycles. The number of carbonyl (C=O) groups is 1. The lowest BCUT2D eigenvalue weighted by atomic mass is 10.1. The average Bonchev–Trinajstić information content (AvgIpc) is 2.49. The largest absolute Gasteiger partial charge is 0.481 e. The number of hydrogen-bond acceptors (Lipinski definition) is 3. The Kier molecular flexibility index (Phi) is 5.06. The number of benzene rings is 1. The first-order valence-electron chi connectivity index (χ1n) is 6.97. The molecule has 1 heterocycles. The van der Waals surface area contributed by atoms with Crippen molar-refractivity contribution in [1.82, 2.24) is 9.88 Å². The van der Waals surface area contributed by atoms with Crippen molar-refractivity contribution in [2.24, 2.45) is 0 Å². The van der Waals surface area contributed by atoms with Gasteiger partial charge in [-0.3, -0.25) is 14.7 Å². The molecule has 1 aromatic carbocycles. The molecule has 2 aromatic rings. The third kappa shape index (κ3) is 4.39. The molecule has 0 spiro atoms. The molecule has 1 N–H and O–H groups in total. The van der Waals surface area contributed by atoms with E-state index in [1.165, 1.54) is 0 Å². The lowest BCUT2D eigenvalue weighted by molar-refractivity contribution is -0.136. The summed E-state index contributed by atoms with van der Waals surface area (Å²) in [6.45, 7) is 2.92. The summed E-state index contributed by atoms with van der Waals surface area (Å²) in [5, 5.41) is 8.77. The van der Waals surface area contributed by atoms with E-state index >= 15 is 0 Å². The number of nitrogens with zero attached hydrogens (tertiary/aromatic N) is 2. The maximum Gasteiger partial charge on any atom is 0.307 e. The van der Waals surface area contributed by atoms with Crippen molar-refractivity contribution in [3.8, 4) is 0 Å². The molecule has 0 saturated heterocycles. The maximum atomic E-state index is 10.7. The van der Waals surface area contributed by atoms with Crippen LogP contribution in [0.15, 0.2) is 48.7 Å². The standard InChI is InChI=1S/C17H20N2O2/c1-13(16-5-3-4-10-18-16)19(2)12-15-8-6-14(7-9-15)11-17(20)21/h3-10,13H,11-12H2,1-2H3,(H,20,21). The Balaban J connectivity index is 1.99. The minimum atomic E-state index is -0.802. The van der Waals surface area contributed by atoms with Crippen LogP contribution in [0.4, 0.5) is 0 Å². The summed E-state index contributed by atoms with van der Waals surface area (Å²) >= 11 is 0. The molecule has 0 bridgehead atoms. The first kappa shape index (κ1) is 15.2. The molecule has 21 heavy (non-hydrogen) atoms. The Labute approximate surface area is 125 Å². The second-order valence-corrected chi connectivity index (χ2v) is 5.23. The van der Waals surface area contributed by atoms with Crippen molar-refractivity contribution < 1.29 is 9.90 Å². The second-order valence-electron chi connectivity index (χ2n) is 5.23. The number of pyridine rings is 1. The zero-order valence-electron chi connectivity index (χ0n) is 12.4. The van der Waals surface area contributed by atoms with Crippen LogP contribution in [-0.2, 0) is 17.8 Å². The van der Waals surface area contributed by atoms with Crippen LogP contribution in [0.25, 0.3) is 0 Å². The van der Waals surface area contributed by atoms with Crippen molar-refractivity contribution >= 4 is 5.97 Å². The zero-order valence-corrected chi connectivity index (χ0v) is 12.4. The predicted octanol–water partition coefficient (Wildman–Crippen LogP) is 2.90. The van der Waals surface area contributed by atoms with E-state index in [-0.39, 0.29) is 12.5 Å². The van der Waals surface area contributed by atoms with Gasteiger partial charge in [0.2, 0.25) is 0 Å². The van der Waals surface area contributed by atoms with Crippen LogP contribution in [0.2, 0.25) is 0 Å². The van der Waals surface area contributed by atoms with Crippen molar-refractivity contribution in [1.29, 1.82) is 0 Å². The van der Waals surface area contributed by atoms with Gasteiger partial charge >= 0.3 is 5.97 Å². The number of aliphatic carboxylic acids is 1. The van der Waals surface area contributed by atoms with Gasteiger partial charge in [-0.05, 0) is 37.2 Å². The van der Waals surface area contributed by atoms with Gasteiger partial charge in [-0.15, -0.1) is 0 Å². The van der Waals surface area contributed by atoms with Crippen LogP contribution in [-0.4, -0.2) is 28.0 Å². The van der Waals surface area contributed by atoms with E-state index in [1.54, 1.807) is 6.20 Å².